The van der Waals surface area contributed by atoms with Crippen molar-refractivity contribution in [1.82, 2.24) is 0 Å². The molecule has 0 bridgehead atoms. The van der Waals surface area contributed by atoms with E-state index in [4.69, 9.17) is 18.5 Å². The first-order valence-electron chi connectivity index (χ1n) is 27.0. The number of aliphatic hydroxyl groups excluding tert-OH is 5. The number of carbonyl (C=O) groups excluding carboxylic acids is 1. The average molecular weight is 949 g/mol. The molecule has 6 N–H and O–H groups in total. The number of aliphatic hydroxyl groups is 5. The van der Waals surface area contributed by atoms with Gasteiger partial charge in [0.25, 0.3) is 0 Å². The number of allylic oxidation sites excluding steroid dienone is 2. The first-order chi connectivity index (χ1) is 31.5. The van der Waals surface area contributed by atoms with Gasteiger partial charge in [-0.25, -0.2) is 4.57 Å². The molecular formula is C52H101O12P. The second-order valence-electron chi connectivity index (χ2n) is 19.1. The topological polar surface area (TPSA) is 192 Å². The van der Waals surface area contributed by atoms with Crippen LogP contribution in [0, 0.1) is 0 Å². The summed E-state index contributed by atoms with van der Waals surface area (Å²) < 4.78 is 34.3. The van der Waals surface area contributed by atoms with E-state index in [2.05, 4.69) is 26.0 Å². The lowest BCUT2D eigenvalue weighted by Gasteiger charge is -2.41. The third kappa shape index (κ3) is 34.9. The lowest BCUT2D eigenvalue weighted by molar-refractivity contribution is -0.220. The van der Waals surface area contributed by atoms with E-state index in [1.54, 1.807) is 0 Å². The molecular weight excluding hydrogens is 848 g/mol. The third-order valence-corrected chi connectivity index (χ3v) is 13.9. The molecule has 386 valence electrons. The van der Waals surface area contributed by atoms with Crippen LogP contribution in [0.3, 0.4) is 0 Å². The number of esters is 1. The van der Waals surface area contributed by atoms with Gasteiger partial charge in [0.15, 0.2) is 0 Å². The normalized spacial score (nSPS) is 21.5. The van der Waals surface area contributed by atoms with Gasteiger partial charge in [-0.3, -0.25) is 13.8 Å². The van der Waals surface area contributed by atoms with Gasteiger partial charge in [0.05, 0.1) is 13.2 Å². The number of carbonyl (C=O) groups is 1. The Labute approximate surface area is 397 Å². The van der Waals surface area contributed by atoms with Gasteiger partial charge in [-0.15, -0.1) is 0 Å². The zero-order valence-corrected chi connectivity index (χ0v) is 42.5. The van der Waals surface area contributed by atoms with Crippen LogP contribution in [0.1, 0.15) is 251 Å². The van der Waals surface area contributed by atoms with Crippen LogP contribution in [-0.2, 0) is 27.9 Å². The van der Waals surface area contributed by atoms with Crippen molar-refractivity contribution in [1.29, 1.82) is 0 Å². The summed E-state index contributed by atoms with van der Waals surface area (Å²) in [6.45, 7) is 4.29. The highest BCUT2D eigenvalue weighted by Gasteiger charge is 2.51. The van der Waals surface area contributed by atoms with Crippen molar-refractivity contribution >= 4 is 13.8 Å². The quantitative estimate of drug-likeness (QED) is 0.0147. The fourth-order valence-electron chi connectivity index (χ4n) is 8.59. The number of unbranched alkanes of at least 4 members (excludes halogenated alkanes) is 33. The molecule has 1 aliphatic carbocycles. The molecule has 0 heterocycles. The fourth-order valence-corrected chi connectivity index (χ4v) is 9.56. The Balaban J connectivity index is 2.29. The van der Waals surface area contributed by atoms with Gasteiger partial charge >= 0.3 is 13.8 Å². The van der Waals surface area contributed by atoms with E-state index in [1.807, 2.05) is 0 Å². The predicted molar refractivity (Wildman–Crippen MR) is 263 cm³/mol. The largest absolute Gasteiger partial charge is 0.472 e. The number of ether oxygens (including phenoxy) is 2. The lowest BCUT2D eigenvalue weighted by atomic mass is 9.85. The summed E-state index contributed by atoms with van der Waals surface area (Å²) in [6.07, 6.45) is 37.1. The van der Waals surface area contributed by atoms with E-state index in [-0.39, 0.29) is 13.0 Å². The molecule has 12 nitrogen and oxygen atoms in total. The molecule has 6 unspecified atom stereocenters. The Morgan fingerprint density at radius 1 is 0.477 bits per heavy atom. The van der Waals surface area contributed by atoms with Gasteiger partial charge in [-0.2, -0.15) is 0 Å². The highest BCUT2D eigenvalue weighted by atomic mass is 31.2. The van der Waals surface area contributed by atoms with Gasteiger partial charge < -0.3 is 39.9 Å². The summed E-state index contributed by atoms with van der Waals surface area (Å²) >= 11 is 0. The van der Waals surface area contributed by atoms with Crippen LogP contribution < -0.4 is 0 Å². The smallest absolute Gasteiger partial charge is 0.457 e. The van der Waals surface area contributed by atoms with Crippen LogP contribution in [0.25, 0.3) is 0 Å². The fraction of sp³-hybridized carbons (Fsp3) is 0.942. The van der Waals surface area contributed by atoms with E-state index in [0.717, 1.165) is 51.4 Å². The number of phosphoric acid groups is 1. The Kier molecular flexibility index (Phi) is 41.2. The molecule has 1 saturated carbocycles. The Morgan fingerprint density at radius 2 is 0.815 bits per heavy atom. The van der Waals surface area contributed by atoms with Crippen LogP contribution in [0.2, 0.25) is 0 Å². The van der Waals surface area contributed by atoms with Crippen molar-refractivity contribution < 1.29 is 58.3 Å². The van der Waals surface area contributed by atoms with E-state index in [9.17, 15) is 39.8 Å². The second kappa shape index (κ2) is 43.1. The van der Waals surface area contributed by atoms with Crippen molar-refractivity contribution in [2.24, 2.45) is 0 Å². The average Bonchev–Trinajstić information content (AvgIpc) is 3.29. The second-order valence-corrected chi connectivity index (χ2v) is 20.5. The standard InChI is InChI=1S/C52H101O12P/c1-3-5-7-9-11-13-15-17-19-21-22-23-24-25-26-27-29-31-33-35-37-39-41-46(53)63-45(44-62-65(59,60)64-52-50(57)48(55)47(54)49(56)51(52)58)43-61-42-40-38-36-34-32-30-28-20-18-16-14-12-10-8-6-4-2/h18,20,45,47-52,54-58H,3-17,19,21-44H2,1-2H3,(H,59,60)/b20-18-. The van der Waals surface area contributed by atoms with Crippen molar-refractivity contribution in [3.05, 3.63) is 12.2 Å². The van der Waals surface area contributed by atoms with Gasteiger partial charge in [-0.05, 0) is 38.5 Å². The van der Waals surface area contributed by atoms with E-state index < -0.39 is 63.1 Å². The maximum atomic E-state index is 12.9. The van der Waals surface area contributed by atoms with Gasteiger partial charge in [-0.1, -0.05) is 219 Å². The van der Waals surface area contributed by atoms with E-state index in [0.29, 0.717) is 13.0 Å². The first-order valence-corrected chi connectivity index (χ1v) is 28.5. The van der Waals surface area contributed by atoms with Crippen LogP contribution >= 0.6 is 7.82 Å². The maximum Gasteiger partial charge on any atom is 0.472 e. The molecule has 1 rings (SSSR count). The van der Waals surface area contributed by atoms with Crippen LogP contribution in [-0.4, -0.2) is 98.9 Å². The minimum atomic E-state index is -5.02. The summed E-state index contributed by atoms with van der Waals surface area (Å²) in [5.74, 6) is -0.473. The summed E-state index contributed by atoms with van der Waals surface area (Å²) in [5.41, 5.74) is 0. The summed E-state index contributed by atoms with van der Waals surface area (Å²) in [5, 5.41) is 50.3. The van der Waals surface area contributed by atoms with E-state index >= 15 is 0 Å². The monoisotopic (exact) mass is 949 g/mol. The molecule has 0 aromatic rings. The van der Waals surface area contributed by atoms with Crippen molar-refractivity contribution in [2.75, 3.05) is 19.8 Å². The number of hydrogen-bond acceptors (Lipinski definition) is 11. The molecule has 0 radical (unpaired) electrons. The molecule has 1 aliphatic rings. The molecule has 0 aromatic heterocycles. The van der Waals surface area contributed by atoms with Gasteiger partial charge in [0.2, 0.25) is 0 Å². The third-order valence-electron chi connectivity index (χ3n) is 12.9. The van der Waals surface area contributed by atoms with Crippen LogP contribution in [0.15, 0.2) is 12.2 Å². The molecule has 13 heteroatoms. The maximum absolute atomic E-state index is 12.9. The minimum Gasteiger partial charge on any atom is -0.457 e. The Hall–Kier alpha value is -0.920. The predicted octanol–water partition coefficient (Wildman–Crippen LogP) is 12.3. The molecule has 0 aliphatic heterocycles. The molecule has 1 fully saturated rings. The summed E-state index contributed by atoms with van der Waals surface area (Å²) in [6, 6.07) is 0. The lowest BCUT2D eigenvalue weighted by Crippen LogP contribution is -2.64. The summed E-state index contributed by atoms with van der Waals surface area (Å²) in [4.78, 5) is 23.3. The zero-order valence-electron chi connectivity index (χ0n) is 41.6. The van der Waals surface area contributed by atoms with Gasteiger partial charge in [0.1, 0.15) is 42.7 Å². The van der Waals surface area contributed by atoms with Crippen LogP contribution in [0.4, 0.5) is 0 Å². The zero-order chi connectivity index (χ0) is 47.6. The number of hydrogen-bond donors (Lipinski definition) is 6. The number of rotatable bonds is 47. The number of phosphoric ester groups is 1. The molecule has 6 atom stereocenters. The van der Waals surface area contributed by atoms with Gasteiger partial charge in [0, 0.05) is 13.0 Å². The first kappa shape index (κ1) is 62.1. The molecule has 65 heavy (non-hydrogen) atoms. The van der Waals surface area contributed by atoms with Crippen molar-refractivity contribution in [3.63, 3.8) is 0 Å². The van der Waals surface area contributed by atoms with E-state index in [1.165, 1.54) is 173 Å². The molecule has 0 amide bonds. The Bertz CT molecular complexity index is 1130. The molecule has 0 aromatic carbocycles. The molecule has 0 saturated heterocycles. The van der Waals surface area contributed by atoms with Crippen molar-refractivity contribution in [3.8, 4) is 0 Å². The Morgan fingerprint density at radius 3 is 1.22 bits per heavy atom. The highest BCUT2D eigenvalue weighted by Crippen LogP contribution is 2.47. The van der Waals surface area contributed by atoms with Crippen molar-refractivity contribution in [2.45, 2.75) is 294 Å². The minimum absolute atomic E-state index is 0.0749. The highest BCUT2D eigenvalue weighted by molar-refractivity contribution is 7.47. The summed E-state index contributed by atoms with van der Waals surface area (Å²) in [7, 11) is -5.02. The SMILES string of the molecule is CCCCCCCC/C=C\CCCCCCCCOCC(COP(=O)(O)OC1C(O)C(O)C(O)C(O)C1O)OC(=O)CCCCCCCCCCCCCCCCCCCCCCCC. The van der Waals surface area contributed by atoms with Crippen LogP contribution in [0.5, 0.6) is 0 Å². The molecule has 0 spiro atoms.